The SMILES string of the molecule is [2H][C@H](C)[C@H]1O[C@@H](n2cc(C)c(=O)[nH]c2=O)[C@H](OC(=O)NC)[C@@H]1OP(OCC[N+]#[C-])N(C(C)C)C(C)C. The zero-order valence-electron chi connectivity index (χ0n) is 22.2. The number of ether oxygens (including phenoxy) is 2. The summed E-state index contributed by atoms with van der Waals surface area (Å²) in [5.41, 5.74) is -1.04. The molecule has 35 heavy (non-hydrogen) atoms. The van der Waals surface area contributed by atoms with Crippen molar-refractivity contribution in [3.8, 4) is 0 Å². The van der Waals surface area contributed by atoms with Crippen LogP contribution in [0.1, 0.15) is 54.2 Å². The van der Waals surface area contributed by atoms with E-state index in [-0.39, 0.29) is 30.8 Å². The number of hydrogen-bond donors (Lipinski definition) is 2. The van der Waals surface area contributed by atoms with Crippen LogP contribution in [-0.4, -0.2) is 70.9 Å². The molecular formula is C22H36N5O7P. The quantitative estimate of drug-likeness (QED) is 0.262. The maximum Gasteiger partial charge on any atom is 0.407 e. The highest BCUT2D eigenvalue weighted by atomic mass is 31.2. The second kappa shape index (κ2) is 13.1. The molecule has 0 saturated carbocycles. The van der Waals surface area contributed by atoms with Crippen molar-refractivity contribution in [3.63, 3.8) is 0 Å². The number of amides is 1. The van der Waals surface area contributed by atoms with Gasteiger partial charge in [-0.2, -0.15) is 0 Å². The van der Waals surface area contributed by atoms with Gasteiger partial charge < -0.3 is 28.7 Å². The highest BCUT2D eigenvalue weighted by Gasteiger charge is 2.50. The second-order valence-electron chi connectivity index (χ2n) is 8.51. The van der Waals surface area contributed by atoms with Gasteiger partial charge >= 0.3 is 11.8 Å². The first kappa shape index (κ1) is 27.3. The fraction of sp³-hybridized carbons (Fsp3) is 0.727. The third-order valence-electron chi connectivity index (χ3n) is 5.28. The van der Waals surface area contributed by atoms with E-state index in [0.29, 0.717) is 0 Å². The second-order valence-corrected chi connectivity index (χ2v) is 9.92. The molecule has 2 N–H and O–H groups in total. The maximum atomic E-state index is 12.7. The number of alkyl carbamates (subject to hydrolysis) is 1. The molecule has 1 aliphatic heterocycles. The molecule has 6 atom stereocenters. The maximum absolute atomic E-state index is 12.7. The van der Waals surface area contributed by atoms with E-state index in [2.05, 4.69) is 15.1 Å². The van der Waals surface area contributed by atoms with Crippen molar-refractivity contribution in [1.29, 1.82) is 0 Å². The first-order valence-corrected chi connectivity index (χ1v) is 12.5. The normalized spacial score (nSPS) is 24.3. The lowest BCUT2D eigenvalue weighted by Gasteiger charge is -2.38. The molecular weight excluding hydrogens is 477 g/mol. The molecule has 2 rings (SSSR count). The van der Waals surface area contributed by atoms with E-state index < -0.39 is 56.8 Å². The number of aromatic nitrogens is 2. The molecule has 1 amide bonds. The minimum absolute atomic E-state index is 0.0109. The zero-order valence-corrected chi connectivity index (χ0v) is 22.1. The lowest BCUT2D eigenvalue weighted by atomic mass is 10.1. The van der Waals surface area contributed by atoms with Crippen molar-refractivity contribution < 1.29 is 24.7 Å². The molecule has 1 unspecified atom stereocenters. The topological polar surface area (TPSA) is 128 Å². The third kappa shape index (κ3) is 7.12. The van der Waals surface area contributed by atoms with Crippen molar-refractivity contribution in [2.24, 2.45) is 0 Å². The minimum Gasteiger partial charge on any atom is -0.438 e. The smallest absolute Gasteiger partial charge is 0.407 e. The number of nitrogens with zero attached hydrogens (tertiary/aromatic N) is 3. The van der Waals surface area contributed by atoms with Gasteiger partial charge in [-0.05, 0) is 41.0 Å². The number of aromatic amines is 1. The van der Waals surface area contributed by atoms with Gasteiger partial charge in [0.25, 0.3) is 14.1 Å². The Morgan fingerprint density at radius 2 is 2.03 bits per heavy atom. The van der Waals surface area contributed by atoms with Crippen LogP contribution < -0.4 is 16.6 Å². The van der Waals surface area contributed by atoms with E-state index >= 15 is 0 Å². The average molecular weight is 515 g/mol. The van der Waals surface area contributed by atoms with Gasteiger partial charge in [-0.3, -0.25) is 14.3 Å². The summed E-state index contributed by atoms with van der Waals surface area (Å²) in [6, 6.07) is 0.0219. The van der Waals surface area contributed by atoms with E-state index in [1.807, 2.05) is 32.4 Å². The molecule has 13 heteroatoms. The summed E-state index contributed by atoms with van der Waals surface area (Å²) in [6.45, 7) is 18.4. The Bertz CT molecular complexity index is 1030. The van der Waals surface area contributed by atoms with Gasteiger partial charge in [-0.15, -0.1) is 0 Å². The van der Waals surface area contributed by atoms with Crippen LogP contribution in [0.5, 0.6) is 0 Å². The molecule has 1 fully saturated rings. The van der Waals surface area contributed by atoms with Gasteiger partial charge in [0.2, 0.25) is 6.54 Å². The monoisotopic (exact) mass is 514 g/mol. The number of carbonyl (C=O) groups is 1. The van der Waals surface area contributed by atoms with E-state index in [4.69, 9.17) is 26.5 Å². The molecule has 1 aromatic rings. The van der Waals surface area contributed by atoms with Gasteiger partial charge in [0, 0.05) is 32.3 Å². The third-order valence-corrected chi connectivity index (χ3v) is 7.41. The highest BCUT2D eigenvalue weighted by molar-refractivity contribution is 7.44. The Hall–Kier alpha value is -2.29. The van der Waals surface area contributed by atoms with Crippen molar-refractivity contribution in [2.45, 2.75) is 84.6 Å². The summed E-state index contributed by atoms with van der Waals surface area (Å²) in [5, 5.41) is 2.38. The summed E-state index contributed by atoms with van der Waals surface area (Å²) in [5.74, 6) is 0. The summed E-state index contributed by atoms with van der Waals surface area (Å²) < 4.78 is 35.7. The van der Waals surface area contributed by atoms with Crippen molar-refractivity contribution in [1.82, 2.24) is 19.5 Å². The molecule has 0 aliphatic carbocycles. The fourth-order valence-corrected chi connectivity index (χ4v) is 5.50. The van der Waals surface area contributed by atoms with E-state index in [1.165, 1.54) is 20.2 Å². The van der Waals surface area contributed by atoms with E-state index in [9.17, 15) is 14.4 Å². The molecule has 1 aromatic heterocycles. The Morgan fingerprint density at radius 3 is 2.57 bits per heavy atom. The largest absolute Gasteiger partial charge is 0.438 e. The van der Waals surface area contributed by atoms with E-state index in [0.717, 1.165) is 4.57 Å². The number of nitrogens with one attached hydrogen (secondary N) is 2. The lowest BCUT2D eigenvalue weighted by Crippen LogP contribution is -2.43. The minimum atomic E-state index is -1.77. The summed E-state index contributed by atoms with van der Waals surface area (Å²) in [6.07, 6.45) is -4.50. The zero-order chi connectivity index (χ0) is 27.2. The molecule has 2 heterocycles. The molecule has 1 aliphatic rings. The van der Waals surface area contributed by atoms with Gasteiger partial charge in [0.15, 0.2) is 12.3 Å². The number of aryl methyl sites for hydroxylation is 1. The molecule has 12 nitrogen and oxygen atoms in total. The van der Waals surface area contributed by atoms with Crippen LogP contribution in [-0.2, 0) is 18.5 Å². The number of hydrogen-bond acceptors (Lipinski definition) is 8. The standard InChI is InChI=1S/C22H36N5O7P/c1-9-16-17(34-35(31-11-10-23-7)27(13(2)3)14(4)5)18(33-22(30)24-8)20(32-16)26-12-15(6)19(28)25-21(26)29/h12-14,16-18,20H,9-11H2,1-6,8H3,(H,24,30)(H,25,28,29)/t16-,17-,18-,20-,35?/m1/s1/i9D/t9-,16-,17-,18-,20-,35?. The van der Waals surface area contributed by atoms with E-state index in [1.54, 1.807) is 6.92 Å². The molecule has 1 saturated heterocycles. The summed E-state index contributed by atoms with van der Waals surface area (Å²) in [7, 11) is -0.378. The molecule has 0 bridgehead atoms. The number of carbonyl (C=O) groups excluding carboxylic acids is 1. The Morgan fingerprint density at radius 1 is 1.37 bits per heavy atom. The lowest BCUT2D eigenvalue weighted by molar-refractivity contribution is -0.0447. The molecule has 0 spiro atoms. The highest BCUT2D eigenvalue weighted by Crippen LogP contribution is 2.50. The first-order chi connectivity index (χ1) is 16.9. The van der Waals surface area contributed by atoms with Crippen LogP contribution in [0.25, 0.3) is 4.85 Å². The number of rotatable bonds is 11. The Kier molecular flexibility index (Phi) is 10.2. The predicted molar refractivity (Wildman–Crippen MR) is 131 cm³/mol. The van der Waals surface area contributed by atoms with Crippen molar-refractivity contribution in [2.75, 3.05) is 20.2 Å². The average Bonchev–Trinajstić information content (AvgIpc) is 3.13. The predicted octanol–water partition coefficient (Wildman–Crippen LogP) is 2.54. The van der Waals surface area contributed by atoms with Gasteiger partial charge in [0.1, 0.15) is 12.7 Å². The van der Waals surface area contributed by atoms with Crippen LogP contribution >= 0.6 is 8.53 Å². The Labute approximate surface area is 208 Å². The first-order valence-electron chi connectivity index (χ1n) is 12.0. The summed E-state index contributed by atoms with van der Waals surface area (Å²) >= 11 is 0. The van der Waals surface area contributed by atoms with Gasteiger partial charge in [-0.1, -0.05) is 6.92 Å². The molecule has 0 aromatic carbocycles. The van der Waals surface area contributed by atoms with Crippen LogP contribution in [0.15, 0.2) is 15.8 Å². The van der Waals surface area contributed by atoms with Crippen LogP contribution in [0.4, 0.5) is 4.79 Å². The van der Waals surface area contributed by atoms with Gasteiger partial charge in [-0.25, -0.2) is 20.8 Å². The van der Waals surface area contributed by atoms with Crippen molar-refractivity contribution in [3.05, 3.63) is 44.0 Å². The molecule has 0 radical (unpaired) electrons. The van der Waals surface area contributed by atoms with Crippen LogP contribution in [0.2, 0.25) is 0 Å². The Balaban J connectivity index is 2.57. The van der Waals surface area contributed by atoms with Crippen LogP contribution in [0.3, 0.4) is 0 Å². The summed E-state index contributed by atoms with van der Waals surface area (Å²) in [4.78, 5) is 42.5. The molecule has 196 valence electrons. The fourth-order valence-electron chi connectivity index (χ4n) is 3.75. The number of H-pyrrole nitrogens is 1. The van der Waals surface area contributed by atoms with Crippen molar-refractivity contribution >= 4 is 14.6 Å². The van der Waals surface area contributed by atoms with Crippen LogP contribution in [0, 0.1) is 13.5 Å². The van der Waals surface area contributed by atoms with Gasteiger partial charge in [0.05, 0.1) is 6.10 Å².